The fourth-order valence-corrected chi connectivity index (χ4v) is 4.00. The number of aryl methyl sites for hydroxylation is 1. The molecule has 2 unspecified atom stereocenters. The van der Waals surface area contributed by atoms with Crippen LogP contribution < -0.4 is 5.73 Å². The van der Waals surface area contributed by atoms with Gasteiger partial charge in [-0.25, -0.2) is 4.98 Å². The highest BCUT2D eigenvalue weighted by Gasteiger charge is 2.20. The number of aromatic nitrogens is 1. The van der Waals surface area contributed by atoms with Crippen molar-refractivity contribution in [3.63, 3.8) is 0 Å². The van der Waals surface area contributed by atoms with Crippen LogP contribution in [0.5, 0.6) is 0 Å². The number of hydrogen-bond acceptors (Lipinski definition) is 4. The fourth-order valence-electron chi connectivity index (χ4n) is 2.56. The number of amidine groups is 1. The Bertz CT molecular complexity index is 476. The second-order valence-corrected chi connectivity index (χ2v) is 6.65. The predicted molar refractivity (Wildman–Crippen MR) is 78.8 cm³/mol. The molecular weight excluding hydrogens is 258 g/mol. The Morgan fingerprint density at radius 1 is 1.47 bits per heavy atom. The van der Waals surface area contributed by atoms with Crippen molar-refractivity contribution < 1.29 is 5.21 Å². The Morgan fingerprint density at radius 2 is 2.26 bits per heavy atom. The van der Waals surface area contributed by atoms with E-state index >= 15 is 0 Å². The van der Waals surface area contributed by atoms with Gasteiger partial charge in [-0.15, -0.1) is 11.8 Å². The third-order valence-corrected chi connectivity index (χ3v) is 4.72. The van der Waals surface area contributed by atoms with Gasteiger partial charge in [-0.05, 0) is 37.8 Å². The van der Waals surface area contributed by atoms with Gasteiger partial charge in [0.15, 0.2) is 5.84 Å². The molecule has 1 aromatic heterocycles. The molecule has 5 heteroatoms. The number of rotatable bonds is 3. The lowest BCUT2D eigenvalue weighted by Crippen LogP contribution is -2.16. The van der Waals surface area contributed by atoms with E-state index in [2.05, 4.69) is 17.1 Å². The summed E-state index contributed by atoms with van der Waals surface area (Å²) in [4.78, 5) is 4.54. The summed E-state index contributed by atoms with van der Waals surface area (Å²) in [5.74, 6) is 0.948. The molecular formula is C14H21N3OS. The van der Waals surface area contributed by atoms with E-state index in [1.54, 1.807) is 0 Å². The molecule has 0 saturated heterocycles. The highest BCUT2D eigenvalue weighted by molar-refractivity contribution is 7.99. The molecule has 1 aliphatic rings. The van der Waals surface area contributed by atoms with E-state index in [4.69, 9.17) is 10.9 Å². The molecule has 0 amide bonds. The molecule has 4 nitrogen and oxygen atoms in total. The molecule has 2 atom stereocenters. The Kier molecular flexibility index (Phi) is 4.69. The summed E-state index contributed by atoms with van der Waals surface area (Å²) in [6, 6.07) is 3.74. The Labute approximate surface area is 118 Å². The van der Waals surface area contributed by atoms with Crippen molar-refractivity contribution in [3.8, 4) is 0 Å². The first-order chi connectivity index (χ1) is 9.08. The molecule has 1 fully saturated rings. The third kappa shape index (κ3) is 3.86. The van der Waals surface area contributed by atoms with Crippen LogP contribution in [0.4, 0.5) is 0 Å². The van der Waals surface area contributed by atoms with Gasteiger partial charge in [-0.1, -0.05) is 24.9 Å². The summed E-state index contributed by atoms with van der Waals surface area (Å²) < 4.78 is 0. The summed E-state index contributed by atoms with van der Waals surface area (Å²) in [5, 5.41) is 13.4. The highest BCUT2D eigenvalue weighted by Crippen LogP contribution is 2.35. The van der Waals surface area contributed by atoms with E-state index in [-0.39, 0.29) is 5.84 Å². The first-order valence-corrected chi connectivity index (χ1v) is 7.59. The maximum absolute atomic E-state index is 8.76. The molecule has 1 saturated carbocycles. The van der Waals surface area contributed by atoms with Gasteiger partial charge >= 0.3 is 0 Å². The largest absolute Gasteiger partial charge is 0.409 e. The average Bonchev–Trinajstić information content (AvgIpc) is 2.37. The van der Waals surface area contributed by atoms with Gasteiger partial charge in [0.2, 0.25) is 0 Å². The van der Waals surface area contributed by atoms with Crippen LogP contribution in [-0.4, -0.2) is 21.3 Å². The van der Waals surface area contributed by atoms with Crippen LogP contribution in [0.25, 0.3) is 0 Å². The summed E-state index contributed by atoms with van der Waals surface area (Å²) in [7, 11) is 0. The van der Waals surface area contributed by atoms with E-state index in [9.17, 15) is 0 Å². The Balaban J connectivity index is 2.13. The van der Waals surface area contributed by atoms with Crippen molar-refractivity contribution in [3.05, 3.63) is 23.4 Å². The van der Waals surface area contributed by atoms with E-state index in [0.29, 0.717) is 5.25 Å². The van der Waals surface area contributed by atoms with Crippen LogP contribution >= 0.6 is 11.8 Å². The maximum Gasteiger partial charge on any atom is 0.170 e. The number of pyridine rings is 1. The molecule has 1 heterocycles. The number of thioether (sulfide) groups is 1. The lowest BCUT2D eigenvalue weighted by Gasteiger charge is -2.25. The third-order valence-electron chi connectivity index (χ3n) is 3.51. The number of nitrogens with two attached hydrogens (primary N) is 1. The van der Waals surface area contributed by atoms with Gasteiger partial charge in [-0.2, -0.15) is 0 Å². The molecule has 0 radical (unpaired) electrons. The van der Waals surface area contributed by atoms with E-state index in [0.717, 1.165) is 22.2 Å². The topological polar surface area (TPSA) is 71.5 Å². The maximum atomic E-state index is 8.76. The van der Waals surface area contributed by atoms with Gasteiger partial charge in [-0.3, -0.25) is 0 Å². The van der Waals surface area contributed by atoms with Gasteiger partial charge in [0.1, 0.15) is 0 Å². The zero-order chi connectivity index (χ0) is 13.8. The summed E-state index contributed by atoms with van der Waals surface area (Å²) in [6.45, 7) is 4.25. The molecule has 2 rings (SSSR count). The minimum Gasteiger partial charge on any atom is -0.409 e. The van der Waals surface area contributed by atoms with Crippen LogP contribution in [0.3, 0.4) is 0 Å². The van der Waals surface area contributed by atoms with Crippen molar-refractivity contribution in [2.24, 2.45) is 16.8 Å². The van der Waals surface area contributed by atoms with Crippen LogP contribution in [0, 0.1) is 12.8 Å². The zero-order valence-electron chi connectivity index (χ0n) is 11.5. The lowest BCUT2D eigenvalue weighted by atomic mass is 9.91. The molecule has 0 aliphatic heterocycles. The van der Waals surface area contributed by atoms with Crippen molar-refractivity contribution in [2.75, 3.05) is 0 Å². The normalized spacial score (nSPS) is 24.4. The molecule has 1 aromatic rings. The Morgan fingerprint density at radius 3 is 2.95 bits per heavy atom. The average molecular weight is 279 g/mol. The van der Waals surface area contributed by atoms with Crippen LogP contribution in [-0.2, 0) is 0 Å². The number of hydrogen-bond donors (Lipinski definition) is 2. The second kappa shape index (κ2) is 6.28. The Hall–Kier alpha value is -1.23. The van der Waals surface area contributed by atoms with Crippen LogP contribution in [0.2, 0.25) is 0 Å². The van der Waals surface area contributed by atoms with Gasteiger partial charge < -0.3 is 10.9 Å². The van der Waals surface area contributed by atoms with Gasteiger partial charge in [0.05, 0.1) is 5.03 Å². The standard InChI is InChI=1S/C14H21N3OS/c1-9-4-3-5-12(6-9)19-13-8-11(14(15)17-18)7-10(2)16-13/h7-9,12,18H,3-6H2,1-2H3,(H2,15,17). The minimum atomic E-state index is 0.143. The summed E-state index contributed by atoms with van der Waals surface area (Å²) >= 11 is 1.82. The number of oxime groups is 1. The van der Waals surface area contributed by atoms with E-state index in [1.165, 1.54) is 25.7 Å². The zero-order valence-corrected chi connectivity index (χ0v) is 12.3. The van der Waals surface area contributed by atoms with Gasteiger partial charge in [0.25, 0.3) is 0 Å². The van der Waals surface area contributed by atoms with Gasteiger partial charge in [0, 0.05) is 16.5 Å². The smallest absolute Gasteiger partial charge is 0.170 e. The minimum absolute atomic E-state index is 0.143. The van der Waals surface area contributed by atoms with Crippen molar-refractivity contribution in [2.45, 2.75) is 49.8 Å². The quantitative estimate of drug-likeness (QED) is 0.386. The van der Waals surface area contributed by atoms with Crippen molar-refractivity contribution in [1.82, 2.24) is 4.98 Å². The molecule has 0 bridgehead atoms. The SMILES string of the molecule is Cc1cc(/C(N)=N/O)cc(SC2CCCC(C)C2)n1. The van der Waals surface area contributed by atoms with Crippen LogP contribution in [0.1, 0.15) is 43.9 Å². The molecule has 19 heavy (non-hydrogen) atoms. The van der Waals surface area contributed by atoms with E-state index < -0.39 is 0 Å². The molecule has 0 spiro atoms. The van der Waals surface area contributed by atoms with E-state index in [1.807, 2.05) is 30.8 Å². The number of nitrogens with zero attached hydrogens (tertiary/aromatic N) is 2. The molecule has 3 N–H and O–H groups in total. The highest BCUT2D eigenvalue weighted by atomic mass is 32.2. The van der Waals surface area contributed by atoms with Crippen molar-refractivity contribution >= 4 is 17.6 Å². The summed E-state index contributed by atoms with van der Waals surface area (Å²) in [5.41, 5.74) is 7.29. The first kappa shape index (κ1) is 14.2. The molecule has 0 aromatic carbocycles. The summed E-state index contributed by atoms with van der Waals surface area (Å²) in [6.07, 6.45) is 5.15. The predicted octanol–water partition coefficient (Wildman–Crippen LogP) is 3.16. The van der Waals surface area contributed by atoms with Crippen LogP contribution in [0.15, 0.2) is 22.3 Å². The lowest BCUT2D eigenvalue weighted by molar-refractivity contribution is 0.318. The van der Waals surface area contributed by atoms with Crippen molar-refractivity contribution in [1.29, 1.82) is 0 Å². The second-order valence-electron chi connectivity index (χ2n) is 5.33. The monoisotopic (exact) mass is 279 g/mol. The first-order valence-electron chi connectivity index (χ1n) is 6.71. The fraction of sp³-hybridized carbons (Fsp3) is 0.571. The molecule has 1 aliphatic carbocycles. The molecule has 104 valence electrons.